The van der Waals surface area contributed by atoms with Crippen molar-refractivity contribution in [3.05, 3.63) is 83.4 Å². The monoisotopic (exact) mass is 456 g/mol. The molecule has 0 aliphatic heterocycles. The van der Waals surface area contributed by atoms with Crippen LogP contribution in [0.1, 0.15) is 5.56 Å². The van der Waals surface area contributed by atoms with Crippen LogP contribution in [-0.4, -0.2) is 34.3 Å². The van der Waals surface area contributed by atoms with E-state index in [0.29, 0.717) is 29.1 Å². The minimum atomic E-state index is 0.254. The smallest absolute Gasteiger partial charge is 0.286 e. The van der Waals surface area contributed by atoms with Gasteiger partial charge < -0.3 is 14.6 Å². The maximum Gasteiger partial charge on any atom is 0.286 e. The van der Waals surface area contributed by atoms with Gasteiger partial charge >= 0.3 is 0 Å². The highest BCUT2D eigenvalue weighted by Crippen LogP contribution is 2.27. The Labute approximate surface area is 196 Å². The number of aromatic nitrogens is 4. The van der Waals surface area contributed by atoms with E-state index in [1.165, 1.54) is 0 Å². The average molecular weight is 457 g/mol. The lowest BCUT2D eigenvalue weighted by Crippen LogP contribution is -2.09. The van der Waals surface area contributed by atoms with Gasteiger partial charge in [0.15, 0.2) is 0 Å². The number of nitrogens with one attached hydrogen (secondary N) is 1. The maximum absolute atomic E-state index is 5.97. The van der Waals surface area contributed by atoms with E-state index in [-0.39, 0.29) is 5.89 Å². The lowest BCUT2D eigenvalue weighted by molar-refractivity contribution is 0.579. The molecule has 7 nitrogen and oxygen atoms in total. The molecule has 0 unspecified atom stereocenters. The van der Waals surface area contributed by atoms with E-state index in [0.717, 1.165) is 27.7 Å². The minimum Gasteiger partial charge on any atom is -0.413 e. The summed E-state index contributed by atoms with van der Waals surface area (Å²) in [5, 5.41) is 13.3. The number of anilines is 2. The highest BCUT2D eigenvalue weighted by molar-refractivity contribution is 6.30. The van der Waals surface area contributed by atoms with Crippen LogP contribution < -0.4 is 10.2 Å². The van der Waals surface area contributed by atoms with Crippen molar-refractivity contribution in [1.29, 1.82) is 0 Å². The Bertz CT molecular complexity index is 1400. The van der Waals surface area contributed by atoms with Crippen molar-refractivity contribution >= 4 is 34.0 Å². The summed E-state index contributed by atoms with van der Waals surface area (Å²) in [6, 6.07) is 23.4. The van der Waals surface area contributed by atoms with E-state index in [9.17, 15) is 0 Å². The van der Waals surface area contributed by atoms with Gasteiger partial charge in [0.05, 0.1) is 5.52 Å². The summed E-state index contributed by atoms with van der Waals surface area (Å²) in [5.74, 6) is 1.71. The fourth-order valence-corrected chi connectivity index (χ4v) is 3.55. The Kier molecular flexibility index (Phi) is 5.62. The molecule has 5 rings (SSSR count). The molecule has 2 heterocycles. The van der Waals surface area contributed by atoms with Crippen molar-refractivity contribution in [2.75, 3.05) is 24.3 Å². The molecule has 164 valence electrons. The largest absolute Gasteiger partial charge is 0.413 e. The Morgan fingerprint density at radius 3 is 2.33 bits per heavy atom. The van der Waals surface area contributed by atoms with Gasteiger partial charge in [-0.3, -0.25) is 0 Å². The van der Waals surface area contributed by atoms with Crippen LogP contribution in [0.3, 0.4) is 0 Å². The highest BCUT2D eigenvalue weighted by atomic mass is 35.5. The fourth-order valence-electron chi connectivity index (χ4n) is 3.43. The maximum atomic E-state index is 5.97. The third-order valence-corrected chi connectivity index (χ3v) is 5.48. The van der Waals surface area contributed by atoms with Crippen LogP contribution in [0, 0.1) is 0 Å². The molecular weight excluding hydrogens is 436 g/mol. The third-order valence-electron chi connectivity index (χ3n) is 5.22. The van der Waals surface area contributed by atoms with Gasteiger partial charge in [0, 0.05) is 42.3 Å². The van der Waals surface area contributed by atoms with Crippen molar-refractivity contribution < 1.29 is 4.42 Å². The van der Waals surface area contributed by atoms with Crippen molar-refractivity contribution in [3.63, 3.8) is 0 Å². The molecule has 0 bridgehead atoms. The van der Waals surface area contributed by atoms with Gasteiger partial charge in [-0.15, -0.1) is 10.2 Å². The van der Waals surface area contributed by atoms with E-state index in [2.05, 4.69) is 49.7 Å². The normalized spacial score (nSPS) is 11.0. The standard InChI is InChI=1S/C25H21ClN6O/c1-32(2)19-13-7-16(8-14-19)15-27-22-20-5-3-4-6-21(20)28-23(29-22)25-31-30-24(33-25)17-9-11-18(26)12-10-17/h3-14H,15H2,1-2H3,(H,27,28,29). The van der Waals surface area contributed by atoms with E-state index in [1.54, 1.807) is 12.1 Å². The van der Waals surface area contributed by atoms with Crippen LogP contribution in [0.2, 0.25) is 5.02 Å². The molecule has 0 spiro atoms. The van der Waals surface area contributed by atoms with E-state index in [4.69, 9.17) is 21.0 Å². The number of hydrogen-bond acceptors (Lipinski definition) is 7. The van der Waals surface area contributed by atoms with Crippen molar-refractivity contribution in [2.24, 2.45) is 0 Å². The van der Waals surface area contributed by atoms with Gasteiger partial charge in [0.2, 0.25) is 11.7 Å². The second-order valence-corrected chi connectivity index (χ2v) is 8.18. The number of hydrogen-bond donors (Lipinski definition) is 1. The fraction of sp³-hybridized carbons (Fsp3) is 0.120. The number of rotatable bonds is 6. The van der Waals surface area contributed by atoms with Crippen molar-refractivity contribution in [3.8, 4) is 23.2 Å². The first-order valence-electron chi connectivity index (χ1n) is 10.4. The number of benzene rings is 3. The third kappa shape index (κ3) is 4.49. The first-order chi connectivity index (χ1) is 16.1. The second kappa shape index (κ2) is 8.88. The predicted octanol–water partition coefficient (Wildman–Crippen LogP) is 5.68. The first kappa shape index (κ1) is 20.9. The van der Waals surface area contributed by atoms with Crippen LogP contribution in [-0.2, 0) is 6.54 Å². The first-order valence-corrected chi connectivity index (χ1v) is 10.8. The molecular formula is C25H21ClN6O. The summed E-state index contributed by atoms with van der Waals surface area (Å²) >= 11 is 5.97. The number of nitrogens with zero attached hydrogens (tertiary/aromatic N) is 5. The summed E-state index contributed by atoms with van der Waals surface area (Å²) < 4.78 is 5.88. The summed E-state index contributed by atoms with van der Waals surface area (Å²) in [6.45, 7) is 0.619. The average Bonchev–Trinajstić information content (AvgIpc) is 3.33. The molecule has 0 saturated heterocycles. The zero-order chi connectivity index (χ0) is 22.8. The molecule has 0 saturated carbocycles. The van der Waals surface area contributed by atoms with Crippen LogP contribution in [0.4, 0.5) is 11.5 Å². The molecule has 1 N–H and O–H groups in total. The lowest BCUT2D eigenvalue weighted by atomic mass is 10.2. The highest BCUT2D eigenvalue weighted by Gasteiger charge is 2.16. The van der Waals surface area contributed by atoms with Gasteiger partial charge in [-0.25, -0.2) is 9.97 Å². The number of fused-ring (bicyclic) bond motifs is 1. The molecule has 3 aromatic carbocycles. The van der Waals surface area contributed by atoms with Crippen LogP contribution in [0.15, 0.2) is 77.2 Å². The van der Waals surface area contributed by atoms with E-state index in [1.807, 2.05) is 50.5 Å². The van der Waals surface area contributed by atoms with Crippen LogP contribution in [0.25, 0.3) is 34.1 Å². The molecule has 0 aliphatic rings. The van der Waals surface area contributed by atoms with Gasteiger partial charge in [-0.1, -0.05) is 35.9 Å². The Morgan fingerprint density at radius 2 is 1.58 bits per heavy atom. The van der Waals surface area contributed by atoms with Gasteiger partial charge in [0.25, 0.3) is 5.89 Å². The summed E-state index contributed by atoms with van der Waals surface area (Å²) in [7, 11) is 4.05. The van der Waals surface area contributed by atoms with E-state index < -0.39 is 0 Å². The van der Waals surface area contributed by atoms with Gasteiger partial charge in [-0.2, -0.15) is 0 Å². The molecule has 5 aromatic rings. The zero-order valence-electron chi connectivity index (χ0n) is 18.2. The number of para-hydroxylation sites is 1. The molecule has 0 radical (unpaired) electrons. The quantitative estimate of drug-likeness (QED) is 0.352. The molecule has 33 heavy (non-hydrogen) atoms. The molecule has 8 heteroatoms. The second-order valence-electron chi connectivity index (χ2n) is 7.75. The zero-order valence-corrected chi connectivity index (χ0v) is 18.9. The lowest BCUT2D eigenvalue weighted by Gasteiger charge is -2.13. The number of halogens is 1. The Morgan fingerprint density at radius 1 is 0.848 bits per heavy atom. The van der Waals surface area contributed by atoms with Crippen molar-refractivity contribution in [1.82, 2.24) is 20.2 Å². The summed E-state index contributed by atoms with van der Waals surface area (Å²) in [5.41, 5.74) is 3.87. The van der Waals surface area contributed by atoms with Gasteiger partial charge in [0.1, 0.15) is 5.82 Å². The van der Waals surface area contributed by atoms with E-state index >= 15 is 0 Å². The Balaban J connectivity index is 1.45. The predicted molar refractivity (Wildman–Crippen MR) is 131 cm³/mol. The van der Waals surface area contributed by atoms with Gasteiger partial charge in [-0.05, 0) is 54.1 Å². The molecule has 0 fully saturated rings. The molecule has 2 aromatic heterocycles. The molecule has 0 atom stereocenters. The van der Waals surface area contributed by atoms with Crippen LogP contribution in [0.5, 0.6) is 0 Å². The van der Waals surface area contributed by atoms with Crippen molar-refractivity contribution in [2.45, 2.75) is 6.54 Å². The SMILES string of the molecule is CN(C)c1ccc(CNc2nc(-c3nnc(-c4ccc(Cl)cc4)o3)nc3ccccc23)cc1. The summed E-state index contributed by atoms with van der Waals surface area (Å²) in [4.78, 5) is 11.4. The summed E-state index contributed by atoms with van der Waals surface area (Å²) in [6.07, 6.45) is 0. The Hall–Kier alpha value is -3.97. The molecule has 0 aliphatic carbocycles. The van der Waals surface area contributed by atoms with Crippen LogP contribution >= 0.6 is 11.6 Å². The molecule has 0 amide bonds. The minimum absolute atomic E-state index is 0.254. The topological polar surface area (TPSA) is 80.0 Å².